The van der Waals surface area contributed by atoms with E-state index in [2.05, 4.69) is 10.3 Å². The number of carbonyl (C=O) groups excluding carboxylic acids is 1. The number of carboxylic acids is 1. The first kappa shape index (κ1) is 12.5. The van der Waals surface area contributed by atoms with Gasteiger partial charge in [-0.3, -0.25) is 9.59 Å². The summed E-state index contributed by atoms with van der Waals surface area (Å²) in [6.07, 6.45) is 5.45. The van der Waals surface area contributed by atoms with Crippen molar-refractivity contribution < 1.29 is 14.7 Å². The molecule has 2 unspecified atom stereocenters. The second kappa shape index (κ2) is 4.85. The van der Waals surface area contributed by atoms with Crippen molar-refractivity contribution in [3.8, 4) is 0 Å². The Kier molecular flexibility index (Phi) is 3.02. The maximum absolute atomic E-state index is 12.2. The standard InChI is InChI=1S/C15H14N2O3/c18-14(17-10-6-5-9(7-10)15(19)20)12-8-16-13-4-2-1-3-11(12)13/h1-6,8-10,16H,7H2,(H,17,18)(H,19,20). The van der Waals surface area contributed by atoms with Crippen molar-refractivity contribution in [3.63, 3.8) is 0 Å². The lowest BCUT2D eigenvalue weighted by Crippen LogP contribution is -2.33. The van der Waals surface area contributed by atoms with Gasteiger partial charge in [-0.2, -0.15) is 0 Å². The molecule has 0 aliphatic heterocycles. The summed E-state index contributed by atoms with van der Waals surface area (Å²) >= 11 is 0. The summed E-state index contributed by atoms with van der Waals surface area (Å²) in [5.41, 5.74) is 1.48. The van der Waals surface area contributed by atoms with Gasteiger partial charge in [0.25, 0.3) is 5.91 Å². The van der Waals surface area contributed by atoms with Crippen LogP contribution in [0.4, 0.5) is 0 Å². The molecular weight excluding hydrogens is 256 g/mol. The van der Waals surface area contributed by atoms with Crippen LogP contribution in [0.25, 0.3) is 10.9 Å². The van der Waals surface area contributed by atoms with E-state index in [0.29, 0.717) is 12.0 Å². The monoisotopic (exact) mass is 270 g/mol. The number of aromatic nitrogens is 1. The minimum Gasteiger partial charge on any atom is -0.481 e. The Hall–Kier alpha value is -2.56. The molecule has 1 aliphatic rings. The molecule has 3 rings (SSSR count). The molecule has 0 bridgehead atoms. The number of aromatic amines is 1. The highest BCUT2D eigenvalue weighted by Crippen LogP contribution is 2.21. The zero-order chi connectivity index (χ0) is 14.1. The quantitative estimate of drug-likeness (QED) is 0.745. The van der Waals surface area contributed by atoms with Gasteiger partial charge in [-0.15, -0.1) is 0 Å². The molecule has 0 spiro atoms. The van der Waals surface area contributed by atoms with Crippen LogP contribution in [0.1, 0.15) is 16.8 Å². The molecule has 0 fully saturated rings. The minimum absolute atomic E-state index is 0.192. The lowest BCUT2D eigenvalue weighted by molar-refractivity contribution is -0.140. The highest BCUT2D eigenvalue weighted by atomic mass is 16.4. The SMILES string of the molecule is O=C(NC1C=CC(C(=O)O)C1)c1c[nH]c2ccccc12. The summed E-state index contributed by atoms with van der Waals surface area (Å²) in [6.45, 7) is 0. The van der Waals surface area contributed by atoms with Gasteiger partial charge in [-0.05, 0) is 12.5 Å². The lowest BCUT2D eigenvalue weighted by Gasteiger charge is -2.11. The molecule has 3 N–H and O–H groups in total. The Morgan fingerprint density at radius 3 is 2.80 bits per heavy atom. The van der Waals surface area contributed by atoms with Gasteiger partial charge in [0.15, 0.2) is 0 Å². The predicted octanol–water partition coefficient (Wildman–Crippen LogP) is 1.93. The molecule has 2 aromatic rings. The summed E-state index contributed by atoms with van der Waals surface area (Å²) < 4.78 is 0. The zero-order valence-corrected chi connectivity index (χ0v) is 10.7. The van der Waals surface area contributed by atoms with E-state index < -0.39 is 11.9 Å². The Morgan fingerprint density at radius 2 is 2.05 bits per heavy atom. The molecule has 0 saturated heterocycles. The molecule has 1 aromatic heterocycles. The van der Waals surface area contributed by atoms with Crippen LogP contribution in [0.5, 0.6) is 0 Å². The van der Waals surface area contributed by atoms with Gasteiger partial charge in [0, 0.05) is 23.1 Å². The number of fused-ring (bicyclic) bond motifs is 1. The first-order valence-electron chi connectivity index (χ1n) is 6.43. The van der Waals surface area contributed by atoms with Gasteiger partial charge in [0.05, 0.1) is 11.5 Å². The number of hydrogen-bond acceptors (Lipinski definition) is 2. The van der Waals surface area contributed by atoms with Crippen LogP contribution in [-0.4, -0.2) is 28.0 Å². The first-order chi connectivity index (χ1) is 9.65. The summed E-state index contributed by atoms with van der Waals surface area (Å²) in [6, 6.07) is 7.34. The Bertz CT molecular complexity index is 702. The van der Waals surface area contributed by atoms with Crippen molar-refractivity contribution in [2.24, 2.45) is 5.92 Å². The van der Waals surface area contributed by atoms with Crippen molar-refractivity contribution in [1.29, 1.82) is 0 Å². The van der Waals surface area contributed by atoms with Crippen LogP contribution >= 0.6 is 0 Å². The number of carboxylic acid groups (broad SMARTS) is 1. The summed E-state index contributed by atoms with van der Waals surface area (Å²) in [5, 5.41) is 12.6. The van der Waals surface area contributed by atoms with Gasteiger partial charge >= 0.3 is 5.97 Å². The molecule has 0 saturated carbocycles. The normalized spacial score (nSPS) is 21.2. The molecule has 1 aliphatic carbocycles. The summed E-state index contributed by atoms with van der Waals surface area (Å²) in [7, 11) is 0. The van der Waals surface area contributed by atoms with Crippen LogP contribution in [0.15, 0.2) is 42.6 Å². The van der Waals surface area contributed by atoms with Crippen LogP contribution in [0.3, 0.4) is 0 Å². The van der Waals surface area contributed by atoms with Gasteiger partial charge in [0.2, 0.25) is 0 Å². The van der Waals surface area contributed by atoms with E-state index in [4.69, 9.17) is 5.11 Å². The average Bonchev–Trinajstić information content (AvgIpc) is 3.04. The maximum Gasteiger partial charge on any atom is 0.310 e. The van der Waals surface area contributed by atoms with Gasteiger partial charge in [-0.25, -0.2) is 0 Å². The largest absolute Gasteiger partial charge is 0.481 e. The molecule has 5 heteroatoms. The third-order valence-corrected chi connectivity index (χ3v) is 3.55. The average molecular weight is 270 g/mol. The number of hydrogen-bond donors (Lipinski definition) is 3. The lowest BCUT2D eigenvalue weighted by atomic mass is 10.1. The molecule has 102 valence electrons. The summed E-state index contributed by atoms with van der Waals surface area (Å²) in [5.74, 6) is -1.56. The topological polar surface area (TPSA) is 82.2 Å². The molecule has 2 atom stereocenters. The molecule has 1 amide bonds. The fourth-order valence-corrected chi connectivity index (χ4v) is 2.49. The van der Waals surface area contributed by atoms with Crippen LogP contribution in [0.2, 0.25) is 0 Å². The van der Waals surface area contributed by atoms with E-state index in [0.717, 1.165) is 10.9 Å². The van der Waals surface area contributed by atoms with Crippen molar-refractivity contribution in [2.75, 3.05) is 0 Å². The fraction of sp³-hybridized carbons (Fsp3) is 0.200. The second-order valence-electron chi connectivity index (χ2n) is 4.89. The van der Waals surface area contributed by atoms with E-state index >= 15 is 0 Å². The molecular formula is C15H14N2O3. The number of rotatable bonds is 3. The number of nitrogens with one attached hydrogen (secondary N) is 2. The highest BCUT2D eigenvalue weighted by Gasteiger charge is 2.26. The van der Waals surface area contributed by atoms with E-state index in [1.54, 1.807) is 18.3 Å². The number of benzene rings is 1. The Balaban J connectivity index is 1.75. The molecule has 5 nitrogen and oxygen atoms in total. The Labute approximate surface area is 115 Å². The van der Waals surface area contributed by atoms with Crippen LogP contribution < -0.4 is 5.32 Å². The third kappa shape index (κ3) is 2.18. The fourth-order valence-electron chi connectivity index (χ4n) is 2.49. The third-order valence-electron chi connectivity index (χ3n) is 3.55. The smallest absolute Gasteiger partial charge is 0.310 e. The molecule has 1 aromatic carbocycles. The predicted molar refractivity (Wildman–Crippen MR) is 74.4 cm³/mol. The van der Waals surface area contributed by atoms with E-state index in [1.165, 1.54) is 0 Å². The van der Waals surface area contributed by atoms with Gasteiger partial charge in [0.1, 0.15) is 0 Å². The highest BCUT2D eigenvalue weighted by molar-refractivity contribution is 6.06. The van der Waals surface area contributed by atoms with Gasteiger partial charge in [-0.1, -0.05) is 30.4 Å². The van der Waals surface area contributed by atoms with Crippen LogP contribution in [-0.2, 0) is 4.79 Å². The molecule has 20 heavy (non-hydrogen) atoms. The van der Waals surface area contributed by atoms with Crippen molar-refractivity contribution in [2.45, 2.75) is 12.5 Å². The summed E-state index contributed by atoms with van der Waals surface area (Å²) in [4.78, 5) is 26.2. The second-order valence-corrected chi connectivity index (χ2v) is 4.89. The van der Waals surface area contributed by atoms with Crippen molar-refractivity contribution in [3.05, 3.63) is 48.2 Å². The Morgan fingerprint density at radius 1 is 1.25 bits per heavy atom. The van der Waals surface area contributed by atoms with E-state index in [9.17, 15) is 9.59 Å². The molecule has 1 heterocycles. The minimum atomic E-state index is -0.856. The first-order valence-corrected chi connectivity index (χ1v) is 6.43. The van der Waals surface area contributed by atoms with Crippen LogP contribution in [0, 0.1) is 5.92 Å². The number of amides is 1. The van der Waals surface area contributed by atoms with E-state index in [1.807, 2.05) is 24.3 Å². The number of carbonyl (C=O) groups is 2. The van der Waals surface area contributed by atoms with Crippen molar-refractivity contribution in [1.82, 2.24) is 10.3 Å². The zero-order valence-electron chi connectivity index (χ0n) is 10.7. The van der Waals surface area contributed by atoms with E-state index in [-0.39, 0.29) is 11.9 Å². The maximum atomic E-state index is 12.2. The van der Waals surface area contributed by atoms with Crippen molar-refractivity contribution >= 4 is 22.8 Å². The molecule has 0 radical (unpaired) electrons. The number of para-hydroxylation sites is 1. The number of H-pyrrole nitrogens is 1. The number of aliphatic carboxylic acids is 1. The van der Waals surface area contributed by atoms with Gasteiger partial charge < -0.3 is 15.4 Å².